The molecule has 0 unspecified atom stereocenters. The summed E-state index contributed by atoms with van der Waals surface area (Å²) in [6.45, 7) is 2.18. The highest BCUT2D eigenvalue weighted by Gasteiger charge is 2.37. The van der Waals surface area contributed by atoms with Crippen molar-refractivity contribution in [2.75, 3.05) is 31.1 Å². The van der Waals surface area contributed by atoms with Crippen molar-refractivity contribution in [2.24, 2.45) is 0 Å². The van der Waals surface area contributed by atoms with Crippen LogP contribution >= 0.6 is 23.4 Å². The average Bonchev–Trinajstić information content (AvgIpc) is 3.04. The van der Waals surface area contributed by atoms with E-state index in [9.17, 15) is 9.59 Å². The van der Waals surface area contributed by atoms with Gasteiger partial charge in [-0.2, -0.15) is 11.8 Å². The SMILES string of the molecule is O=C([C@H]1CCCN1C(=O)c1ccnc(Cl)c1)N1CCSCC1. The fourth-order valence-corrected chi connectivity index (χ4v) is 4.04. The molecule has 0 saturated carbocycles. The largest absolute Gasteiger partial charge is 0.339 e. The van der Waals surface area contributed by atoms with Crippen LogP contribution in [-0.4, -0.2) is 63.8 Å². The highest BCUT2D eigenvalue weighted by atomic mass is 35.5. The van der Waals surface area contributed by atoms with E-state index in [1.807, 2.05) is 16.7 Å². The summed E-state index contributed by atoms with van der Waals surface area (Å²) >= 11 is 7.73. The first-order valence-electron chi connectivity index (χ1n) is 7.46. The third-order valence-electron chi connectivity index (χ3n) is 4.09. The zero-order chi connectivity index (χ0) is 15.5. The number of thioether (sulfide) groups is 1. The average molecular weight is 340 g/mol. The van der Waals surface area contributed by atoms with Gasteiger partial charge in [0.05, 0.1) is 0 Å². The van der Waals surface area contributed by atoms with Gasteiger partial charge in [0.25, 0.3) is 5.91 Å². The molecule has 1 aromatic rings. The van der Waals surface area contributed by atoms with Crippen LogP contribution in [0.15, 0.2) is 18.3 Å². The number of likely N-dealkylation sites (tertiary alicyclic amines) is 1. The van der Waals surface area contributed by atoms with E-state index in [2.05, 4.69) is 4.98 Å². The van der Waals surface area contributed by atoms with Crippen molar-refractivity contribution in [1.82, 2.24) is 14.8 Å². The third kappa shape index (κ3) is 3.22. The van der Waals surface area contributed by atoms with Crippen LogP contribution in [0.5, 0.6) is 0 Å². The van der Waals surface area contributed by atoms with Crippen LogP contribution in [0.2, 0.25) is 5.15 Å². The number of aromatic nitrogens is 1. The standard InChI is InChI=1S/C15H18ClN3O2S/c16-13-10-11(3-4-17-13)14(20)19-5-1-2-12(19)15(21)18-6-8-22-9-7-18/h3-4,10,12H,1-2,5-9H2/t12-/m1/s1. The molecule has 5 nitrogen and oxygen atoms in total. The maximum atomic E-state index is 12.7. The lowest BCUT2D eigenvalue weighted by Gasteiger charge is -2.32. The van der Waals surface area contributed by atoms with Crippen LogP contribution in [0.25, 0.3) is 0 Å². The van der Waals surface area contributed by atoms with Crippen molar-refractivity contribution in [3.8, 4) is 0 Å². The second-order valence-corrected chi connectivity index (χ2v) is 7.07. The minimum absolute atomic E-state index is 0.0892. The van der Waals surface area contributed by atoms with Gasteiger partial charge in [0, 0.05) is 42.9 Å². The van der Waals surface area contributed by atoms with E-state index < -0.39 is 0 Å². The van der Waals surface area contributed by atoms with Crippen LogP contribution in [0, 0.1) is 0 Å². The summed E-state index contributed by atoms with van der Waals surface area (Å²) in [7, 11) is 0. The molecule has 2 fully saturated rings. The number of carbonyl (C=O) groups is 2. The van der Waals surface area contributed by atoms with Crippen molar-refractivity contribution in [2.45, 2.75) is 18.9 Å². The Hall–Kier alpha value is -1.27. The lowest BCUT2D eigenvalue weighted by molar-refractivity contribution is -0.134. The number of nitrogens with zero attached hydrogens (tertiary/aromatic N) is 3. The fraction of sp³-hybridized carbons (Fsp3) is 0.533. The number of carbonyl (C=O) groups excluding carboxylic acids is 2. The van der Waals surface area contributed by atoms with E-state index in [0.717, 1.165) is 37.4 Å². The van der Waals surface area contributed by atoms with Gasteiger partial charge in [-0.05, 0) is 25.0 Å². The second-order valence-electron chi connectivity index (χ2n) is 5.46. The molecule has 7 heteroatoms. The molecule has 2 aliphatic rings. The monoisotopic (exact) mass is 339 g/mol. The van der Waals surface area contributed by atoms with Crippen LogP contribution in [0.4, 0.5) is 0 Å². The van der Waals surface area contributed by atoms with Crippen LogP contribution < -0.4 is 0 Å². The fourth-order valence-electron chi connectivity index (χ4n) is 2.96. The Labute approximate surface area is 139 Å². The molecule has 3 rings (SSSR count). The number of amides is 2. The Kier molecular flexibility index (Phi) is 4.88. The molecular formula is C15H18ClN3O2S. The number of hydrogen-bond acceptors (Lipinski definition) is 4. The number of rotatable bonds is 2. The van der Waals surface area contributed by atoms with Crippen molar-refractivity contribution >= 4 is 35.2 Å². The topological polar surface area (TPSA) is 53.5 Å². The molecule has 118 valence electrons. The maximum absolute atomic E-state index is 12.7. The molecule has 3 heterocycles. The van der Waals surface area contributed by atoms with Crippen LogP contribution in [0.3, 0.4) is 0 Å². The van der Waals surface area contributed by atoms with Crippen molar-refractivity contribution in [3.05, 3.63) is 29.0 Å². The Morgan fingerprint density at radius 3 is 2.77 bits per heavy atom. The van der Waals surface area contributed by atoms with Crippen LogP contribution in [0.1, 0.15) is 23.2 Å². The molecule has 0 spiro atoms. The highest BCUT2D eigenvalue weighted by Crippen LogP contribution is 2.23. The molecule has 0 radical (unpaired) electrons. The molecule has 0 aliphatic carbocycles. The van der Waals surface area contributed by atoms with E-state index in [1.165, 1.54) is 6.20 Å². The zero-order valence-electron chi connectivity index (χ0n) is 12.2. The first-order chi connectivity index (χ1) is 10.7. The molecular weight excluding hydrogens is 322 g/mol. The van der Waals surface area contributed by atoms with Gasteiger partial charge < -0.3 is 9.80 Å². The molecule has 22 heavy (non-hydrogen) atoms. The lowest BCUT2D eigenvalue weighted by atomic mass is 10.1. The molecule has 0 bridgehead atoms. The Bertz CT molecular complexity index is 578. The lowest BCUT2D eigenvalue weighted by Crippen LogP contribution is -2.50. The molecule has 0 aromatic carbocycles. The van der Waals surface area contributed by atoms with Gasteiger partial charge >= 0.3 is 0 Å². The normalized spacial score (nSPS) is 22.0. The molecule has 1 aromatic heterocycles. The summed E-state index contributed by atoms with van der Waals surface area (Å²) in [6, 6.07) is 2.87. The van der Waals surface area contributed by atoms with Gasteiger partial charge in [0.2, 0.25) is 5.91 Å². The minimum atomic E-state index is -0.331. The molecule has 0 N–H and O–H groups in total. The van der Waals surface area contributed by atoms with Gasteiger partial charge in [0.15, 0.2) is 0 Å². The first-order valence-corrected chi connectivity index (χ1v) is 8.99. The van der Waals surface area contributed by atoms with Gasteiger partial charge in [-0.1, -0.05) is 11.6 Å². The van der Waals surface area contributed by atoms with E-state index in [-0.39, 0.29) is 17.9 Å². The Morgan fingerprint density at radius 1 is 1.27 bits per heavy atom. The summed E-state index contributed by atoms with van der Waals surface area (Å²) in [6.07, 6.45) is 3.13. The van der Waals surface area contributed by atoms with Crippen LogP contribution in [-0.2, 0) is 4.79 Å². The molecule has 2 aliphatic heterocycles. The number of halogens is 1. The second kappa shape index (κ2) is 6.87. The van der Waals surface area contributed by atoms with E-state index in [4.69, 9.17) is 11.6 Å². The molecule has 2 saturated heterocycles. The summed E-state index contributed by atoms with van der Waals surface area (Å²) in [5.41, 5.74) is 0.494. The predicted molar refractivity (Wildman–Crippen MR) is 87.2 cm³/mol. The summed E-state index contributed by atoms with van der Waals surface area (Å²) < 4.78 is 0. The first kappa shape index (κ1) is 15.6. The summed E-state index contributed by atoms with van der Waals surface area (Å²) in [5.74, 6) is 1.91. The van der Waals surface area contributed by atoms with Crippen molar-refractivity contribution < 1.29 is 9.59 Å². The number of hydrogen-bond donors (Lipinski definition) is 0. The van der Waals surface area contributed by atoms with Crippen molar-refractivity contribution in [3.63, 3.8) is 0 Å². The third-order valence-corrected chi connectivity index (χ3v) is 5.24. The van der Waals surface area contributed by atoms with Gasteiger partial charge in [-0.15, -0.1) is 0 Å². The summed E-state index contributed by atoms with van der Waals surface area (Å²) in [4.78, 5) is 32.8. The smallest absolute Gasteiger partial charge is 0.254 e. The predicted octanol–water partition coefficient (Wildman–Crippen LogP) is 1.92. The highest BCUT2D eigenvalue weighted by molar-refractivity contribution is 7.99. The van der Waals surface area contributed by atoms with E-state index in [0.29, 0.717) is 17.3 Å². The Morgan fingerprint density at radius 2 is 2.05 bits per heavy atom. The minimum Gasteiger partial charge on any atom is -0.339 e. The maximum Gasteiger partial charge on any atom is 0.254 e. The molecule has 2 amide bonds. The zero-order valence-corrected chi connectivity index (χ0v) is 13.8. The van der Waals surface area contributed by atoms with E-state index >= 15 is 0 Å². The van der Waals surface area contributed by atoms with Gasteiger partial charge in [-0.25, -0.2) is 4.98 Å². The Balaban J connectivity index is 1.75. The van der Waals surface area contributed by atoms with Gasteiger partial charge in [0.1, 0.15) is 11.2 Å². The van der Waals surface area contributed by atoms with Gasteiger partial charge in [-0.3, -0.25) is 9.59 Å². The summed E-state index contributed by atoms with van der Waals surface area (Å²) in [5, 5.41) is 0.293. The molecule has 1 atom stereocenters. The van der Waals surface area contributed by atoms with Crippen molar-refractivity contribution in [1.29, 1.82) is 0 Å². The van der Waals surface area contributed by atoms with E-state index in [1.54, 1.807) is 17.0 Å². The number of pyridine rings is 1. The quantitative estimate of drug-likeness (QED) is 0.772.